The van der Waals surface area contributed by atoms with Crippen LogP contribution in [0.2, 0.25) is 0 Å². The third-order valence-corrected chi connectivity index (χ3v) is 2.12. The van der Waals surface area contributed by atoms with Gasteiger partial charge in [0.2, 0.25) is 0 Å². The lowest BCUT2D eigenvalue weighted by molar-refractivity contribution is 0.300. The van der Waals surface area contributed by atoms with Gasteiger partial charge in [-0.1, -0.05) is 29.4 Å². The standard InChI is InChI=1S/C12H10FNO2/c13-11(8-15)7-9-1-3-10(4-2-9)12-5-6-16-14-12/h1-7,15H,8H2. The summed E-state index contributed by atoms with van der Waals surface area (Å²) >= 11 is 0. The van der Waals surface area contributed by atoms with E-state index in [9.17, 15) is 4.39 Å². The van der Waals surface area contributed by atoms with Crippen LogP contribution >= 0.6 is 0 Å². The highest BCUT2D eigenvalue weighted by Gasteiger charge is 2.00. The molecule has 0 unspecified atom stereocenters. The molecule has 1 N–H and O–H groups in total. The monoisotopic (exact) mass is 219 g/mol. The molecule has 0 fully saturated rings. The third-order valence-electron chi connectivity index (χ3n) is 2.12. The second-order valence-corrected chi connectivity index (χ2v) is 3.26. The largest absolute Gasteiger partial charge is 0.389 e. The summed E-state index contributed by atoms with van der Waals surface area (Å²) in [6, 6.07) is 8.88. The molecular weight excluding hydrogens is 209 g/mol. The molecule has 0 radical (unpaired) electrons. The fraction of sp³-hybridized carbons (Fsp3) is 0.0833. The molecule has 0 aliphatic carbocycles. The minimum atomic E-state index is -0.578. The van der Waals surface area contributed by atoms with E-state index >= 15 is 0 Å². The van der Waals surface area contributed by atoms with Crippen molar-refractivity contribution in [2.75, 3.05) is 6.61 Å². The Labute approximate surface area is 91.8 Å². The zero-order chi connectivity index (χ0) is 11.4. The molecule has 0 aliphatic heterocycles. The van der Waals surface area contributed by atoms with Crippen molar-refractivity contribution in [2.24, 2.45) is 0 Å². The highest BCUT2D eigenvalue weighted by molar-refractivity contribution is 5.62. The first-order chi connectivity index (χ1) is 7.79. The Morgan fingerprint density at radius 3 is 2.62 bits per heavy atom. The van der Waals surface area contributed by atoms with E-state index in [2.05, 4.69) is 5.16 Å². The van der Waals surface area contributed by atoms with Crippen molar-refractivity contribution in [3.8, 4) is 11.3 Å². The molecule has 0 saturated carbocycles. The average Bonchev–Trinajstić information content (AvgIpc) is 2.83. The van der Waals surface area contributed by atoms with Gasteiger partial charge in [0.1, 0.15) is 17.8 Å². The van der Waals surface area contributed by atoms with E-state index in [0.717, 1.165) is 11.3 Å². The lowest BCUT2D eigenvalue weighted by atomic mass is 10.1. The van der Waals surface area contributed by atoms with Gasteiger partial charge in [0.15, 0.2) is 0 Å². The fourth-order valence-corrected chi connectivity index (χ4v) is 1.34. The Balaban J connectivity index is 2.23. The van der Waals surface area contributed by atoms with Crippen molar-refractivity contribution in [1.82, 2.24) is 5.16 Å². The van der Waals surface area contributed by atoms with Crippen LogP contribution in [0.25, 0.3) is 17.3 Å². The minimum Gasteiger partial charge on any atom is -0.389 e. The minimum absolute atomic E-state index is 0.561. The van der Waals surface area contributed by atoms with Gasteiger partial charge in [-0.25, -0.2) is 4.39 Å². The SMILES string of the molecule is OCC(F)=Cc1ccc(-c2ccon2)cc1. The molecule has 0 spiro atoms. The van der Waals surface area contributed by atoms with E-state index in [1.807, 2.05) is 12.1 Å². The number of hydrogen-bond acceptors (Lipinski definition) is 3. The predicted molar refractivity (Wildman–Crippen MR) is 58.1 cm³/mol. The van der Waals surface area contributed by atoms with Crippen LogP contribution in [-0.4, -0.2) is 16.9 Å². The number of benzene rings is 1. The van der Waals surface area contributed by atoms with E-state index in [-0.39, 0.29) is 0 Å². The Bertz CT molecular complexity index is 474. The molecule has 2 aromatic rings. The van der Waals surface area contributed by atoms with Crippen LogP contribution in [0, 0.1) is 0 Å². The van der Waals surface area contributed by atoms with Gasteiger partial charge in [-0.05, 0) is 11.6 Å². The van der Waals surface area contributed by atoms with Gasteiger partial charge >= 0.3 is 0 Å². The second-order valence-electron chi connectivity index (χ2n) is 3.26. The van der Waals surface area contributed by atoms with Crippen LogP contribution in [0.5, 0.6) is 0 Å². The maximum absolute atomic E-state index is 12.8. The molecule has 82 valence electrons. The van der Waals surface area contributed by atoms with E-state index in [4.69, 9.17) is 9.63 Å². The van der Waals surface area contributed by atoms with Crippen LogP contribution in [0.15, 0.2) is 46.9 Å². The zero-order valence-electron chi connectivity index (χ0n) is 8.43. The van der Waals surface area contributed by atoms with Crippen LogP contribution in [0.1, 0.15) is 5.56 Å². The third kappa shape index (κ3) is 2.35. The topological polar surface area (TPSA) is 46.3 Å². The number of nitrogens with zero attached hydrogens (tertiary/aromatic N) is 1. The van der Waals surface area contributed by atoms with Gasteiger partial charge in [0.05, 0.1) is 6.61 Å². The Hall–Kier alpha value is -1.94. The highest BCUT2D eigenvalue weighted by Crippen LogP contribution is 2.18. The lowest BCUT2D eigenvalue weighted by Crippen LogP contribution is -1.83. The van der Waals surface area contributed by atoms with E-state index in [1.165, 1.54) is 12.3 Å². The van der Waals surface area contributed by atoms with Crippen molar-refractivity contribution in [3.63, 3.8) is 0 Å². The first-order valence-corrected chi connectivity index (χ1v) is 4.77. The number of aromatic nitrogens is 1. The van der Waals surface area contributed by atoms with Gasteiger partial charge < -0.3 is 9.63 Å². The maximum atomic E-state index is 12.8. The molecule has 0 saturated heterocycles. The van der Waals surface area contributed by atoms with E-state index < -0.39 is 12.4 Å². The highest BCUT2D eigenvalue weighted by atomic mass is 19.1. The fourth-order valence-electron chi connectivity index (χ4n) is 1.34. The van der Waals surface area contributed by atoms with Crippen LogP contribution in [-0.2, 0) is 0 Å². The van der Waals surface area contributed by atoms with Crippen molar-refractivity contribution < 1.29 is 14.0 Å². The van der Waals surface area contributed by atoms with Gasteiger partial charge in [-0.15, -0.1) is 0 Å². The molecule has 0 amide bonds. The van der Waals surface area contributed by atoms with Gasteiger partial charge in [0, 0.05) is 11.6 Å². The van der Waals surface area contributed by atoms with Gasteiger partial charge in [-0.2, -0.15) is 0 Å². The van der Waals surface area contributed by atoms with Crippen LogP contribution < -0.4 is 0 Å². The number of hydrogen-bond donors (Lipinski definition) is 1. The summed E-state index contributed by atoms with van der Waals surface area (Å²) in [5.74, 6) is -0.561. The first-order valence-electron chi connectivity index (χ1n) is 4.77. The summed E-state index contributed by atoms with van der Waals surface area (Å²) in [5, 5.41) is 12.3. The molecule has 1 aromatic carbocycles. The molecule has 0 aliphatic rings. The summed E-state index contributed by atoms with van der Waals surface area (Å²) in [6.45, 7) is -0.578. The number of halogens is 1. The zero-order valence-corrected chi connectivity index (χ0v) is 8.43. The van der Waals surface area contributed by atoms with E-state index in [0.29, 0.717) is 5.56 Å². The van der Waals surface area contributed by atoms with Crippen molar-refractivity contribution in [1.29, 1.82) is 0 Å². The predicted octanol–water partition coefficient (Wildman–Crippen LogP) is 2.64. The molecule has 16 heavy (non-hydrogen) atoms. The summed E-state index contributed by atoms with van der Waals surface area (Å²) in [7, 11) is 0. The summed E-state index contributed by atoms with van der Waals surface area (Å²) < 4.78 is 17.5. The number of aliphatic hydroxyl groups is 1. The summed E-state index contributed by atoms with van der Waals surface area (Å²) in [5.41, 5.74) is 2.33. The molecule has 2 rings (SSSR count). The van der Waals surface area contributed by atoms with Crippen molar-refractivity contribution >= 4 is 6.08 Å². The Morgan fingerprint density at radius 1 is 1.31 bits per heavy atom. The average molecular weight is 219 g/mol. The van der Waals surface area contributed by atoms with Gasteiger partial charge in [0.25, 0.3) is 0 Å². The molecule has 1 aromatic heterocycles. The molecule has 0 atom stereocenters. The van der Waals surface area contributed by atoms with Crippen LogP contribution in [0.3, 0.4) is 0 Å². The Morgan fingerprint density at radius 2 is 2.06 bits per heavy atom. The summed E-state index contributed by atoms with van der Waals surface area (Å²) in [6.07, 6.45) is 2.78. The molecule has 4 heteroatoms. The van der Waals surface area contributed by atoms with Gasteiger partial charge in [-0.3, -0.25) is 0 Å². The normalized spacial score (nSPS) is 11.8. The smallest absolute Gasteiger partial charge is 0.126 e. The van der Waals surface area contributed by atoms with Crippen LogP contribution in [0.4, 0.5) is 4.39 Å². The van der Waals surface area contributed by atoms with Crippen molar-refractivity contribution in [3.05, 3.63) is 48.0 Å². The first kappa shape index (κ1) is 10.6. The number of aliphatic hydroxyl groups excluding tert-OH is 1. The molecule has 0 bridgehead atoms. The number of rotatable bonds is 3. The molecule has 3 nitrogen and oxygen atoms in total. The molecule has 1 heterocycles. The maximum Gasteiger partial charge on any atom is 0.126 e. The van der Waals surface area contributed by atoms with Crippen molar-refractivity contribution in [2.45, 2.75) is 0 Å². The Kier molecular flexibility index (Phi) is 3.12. The van der Waals surface area contributed by atoms with E-state index in [1.54, 1.807) is 18.2 Å². The molecular formula is C12H10FNO2. The summed E-state index contributed by atoms with van der Waals surface area (Å²) in [4.78, 5) is 0. The second kappa shape index (κ2) is 4.72. The quantitative estimate of drug-likeness (QED) is 0.863. The lowest BCUT2D eigenvalue weighted by Gasteiger charge is -1.97.